The second kappa shape index (κ2) is 8.07. The van der Waals surface area contributed by atoms with Crippen LogP contribution in [0.4, 0.5) is 0 Å². The van der Waals surface area contributed by atoms with Gasteiger partial charge in [-0.1, -0.05) is 31.7 Å². The summed E-state index contributed by atoms with van der Waals surface area (Å²) in [6, 6.07) is 5.14. The van der Waals surface area contributed by atoms with Crippen molar-refractivity contribution in [1.29, 1.82) is 0 Å². The molecule has 0 bridgehead atoms. The van der Waals surface area contributed by atoms with Gasteiger partial charge in [-0.25, -0.2) is 16.8 Å². The van der Waals surface area contributed by atoms with Gasteiger partial charge in [0.15, 0.2) is 19.7 Å². The van der Waals surface area contributed by atoms with E-state index < -0.39 is 31.0 Å². The van der Waals surface area contributed by atoms with Crippen LogP contribution in [0.15, 0.2) is 23.1 Å². The molecule has 4 rings (SSSR count). The van der Waals surface area contributed by atoms with E-state index in [1.54, 1.807) is 12.1 Å². The molecule has 0 radical (unpaired) electrons. The van der Waals surface area contributed by atoms with Gasteiger partial charge in [0, 0.05) is 12.1 Å². The molecule has 1 heterocycles. The van der Waals surface area contributed by atoms with Crippen LogP contribution in [0.25, 0.3) is 0 Å². The summed E-state index contributed by atoms with van der Waals surface area (Å²) in [5.41, 5.74) is 2.35. The molecule has 28 heavy (non-hydrogen) atoms. The third-order valence-corrected chi connectivity index (χ3v) is 10.8. The van der Waals surface area contributed by atoms with Crippen LogP contribution in [-0.2, 0) is 32.5 Å². The number of sulfone groups is 2. The van der Waals surface area contributed by atoms with Gasteiger partial charge < -0.3 is 5.32 Å². The first-order chi connectivity index (χ1) is 13.4. The number of hydrogen-bond acceptors (Lipinski definition) is 5. The molecular formula is C21H31NO4S2. The zero-order chi connectivity index (χ0) is 19.8. The molecule has 0 aromatic heterocycles. The largest absolute Gasteiger partial charge is 0.309 e. The molecule has 2 atom stereocenters. The summed E-state index contributed by atoms with van der Waals surface area (Å²) >= 11 is 0. The van der Waals surface area contributed by atoms with Gasteiger partial charge in [-0.3, -0.25) is 0 Å². The Balaban J connectivity index is 1.60. The molecule has 1 aliphatic heterocycles. The van der Waals surface area contributed by atoms with Crippen LogP contribution in [-0.4, -0.2) is 45.7 Å². The smallest absolute Gasteiger partial charge is 0.183 e. The molecule has 156 valence electrons. The van der Waals surface area contributed by atoms with Gasteiger partial charge in [-0.15, -0.1) is 0 Å². The van der Waals surface area contributed by atoms with Gasteiger partial charge in [0.2, 0.25) is 0 Å². The Morgan fingerprint density at radius 3 is 2.25 bits per heavy atom. The molecule has 3 aliphatic rings. The highest BCUT2D eigenvalue weighted by molar-refractivity contribution is 7.96. The van der Waals surface area contributed by atoms with Crippen molar-refractivity contribution in [3.63, 3.8) is 0 Å². The molecule has 2 aliphatic carbocycles. The second-order valence-corrected chi connectivity index (χ2v) is 13.1. The van der Waals surface area contributed by atoms with E-state index in [4.69, 9.17) is 0 Å². The highest BCUT2D eigenvalue weighted by Gasteiger charge is 2.46. The molecule has 5 nitrogen and oxygen atoms in total. The van der Waals surface area contributed by atoms with Gasteiger partial charge in [-0.05, 0) is 61.8 Å². The summed E-state index contributed by atoms with van der Waals surface area (Å²) in [6.07, 6.45) is 10.8. The lowest BCUT2D eigenvalue weighted by Gasteiger charge is -2.26. The van der Waals surface area contributed by atoms with Crippen LogP contribution in [0, 0.1) is 0 Å². The third kappa shape index (κ3) is 4.31. The van der Waals surface area contributed by atoms with E-state index in [1.807, 2.05) is 6.07 Å². The van der Waals surface area contributed by atoms with Crippen molar-refractivity contribution < 1.29 is 16.8 Å². The van der Waals surface area contributed by atoms with E-state index in [0.717, 1.165) is 56.9 Å². The molecule has 1 aromatic rings. The lowest BCUT2D eigenvalue weighted by molar-refractivity contribution is 0.408. The van der Waals surface area contributed by atoms with E-state index in [9.17, 15) is 16.8 Å². The van der Waals surface area contributed by atoms with E-state index in [1.165, 1.54) is 18.4 Å². The molecule has 2 fully saturated rings. The Hall–Kier alpha value is -0.920. The van der Waals surface area contributed by atoms with Crippen LogP contribution in [0.3, 0.4) is 0 Å². The maximum atomic E-state index is 13.4. The molecule has 0 spiro atoms. The fourth-order valence-corrected chi connectivity index (χ4v) is 9.81. The van der Waals surface area contributed by atoms with Crippen molar-refractivity contribution >= 4 is 19.7 Å². The van der Waals surface area contributed by atoms with Crippen LogP contribution in [0.1, 0.15) is 62.5 Å². The summed E-state index contributed by atoms with van der Waals surface area (Å²) in [6.45, 7) is 0. The van der Waals surface area contributed by atoms with Crippen molar-refractivity contribution in [1.82, 2.24) is 5.32 Å². The number of hydrogen-bond donors (Lipinski definition) is 1. The van der Waals surface area contributed by atoms with Crippen LogP contribution in [0.5, 0.6) is 0 Å². The fraction of sp³-hybridized carbons (Fsp3) is 0.714. The van der Waals surface area contributed by atoms with E-state index in [-0.39, 0.29) is 17.5 Å². The Morgan fingerprint density at radius 2 is 1.54 bits per heavy atom. The maximum Gasteiger partial charge on any atom is 0.183 e. The summed E-state index contributed by atoms with van der Waals surface area (Å²) in [7, 11) is -7.05. The summed E-state index contributed by atoms with van der Waals surface area (Å²) < 4.78 is 51.6. The van der Waals surface area contributed by atoms with Crippen molar-refractivity contribution in [3.05, 3.63) is 29.3 Å². The second-order valence-electron chi connectivity index (χ2n) is 8.76. The average Bonchev–Trinajstić information content (AvgIpc) is 2.83. The average molecular weight is 426 g/mol. The molecule has 1 aromatic carbocycles. The van der Waals surface area contributed by atoms with E-state index in [0.29, 0.717) is 4.90 Å². The molecule has 1 saturated carbocycles. The first-order valence-corrected chi connectivity index (χ1v) is 14.0. The molecule has 1 N–H and O–H groups in total. The number of rotatable bonds is 4. The number of fused-ring (bicyclic) bond motifs is 1. The van der Waals surface area contributed by atoms with Crippen molar-refractivity contribution in [3.8, 4) is 0 Å². The first kappa shape index (κ1) is 20.4. The van der Waals surface area contributed by atoms with Crippen molar-refractivity contribution in [2.24, 2.45) is 0 Å². The minimum absolute atomic E-state index is 0.0711. The number of aryl methyl sites for hydroxylation is 2. The Bertz CT molecular complexity index is 916. The van der Waals surface area contributed by atoms with Gasteiger partial charge in [0.25, 0.3) is 0 Å². The van der Waals surface area contributed by atoms with Crippen molar-refractivity contribution in [2.75, 3.05) is 11.5 Å². The number of nitrogens with one attached hydrogen (secondary N) is 1. The lowest BCUT2D eigenvalue weighted by atomic mass is 9.92. The van der Waals surface area contributed by atoms with E-state index >= 15 is 0 Å². The normalized spacial score (nSPS) is 28.6. The Kier molecular flexibility index (Phi) is 5.87. The quantitative estimate of drug-likeness (QED) is 0.751. The fourth-order valence-electron chi connectivity index (χ4n) is 5.09. The summed E-state index contributed by atoms with van der Waals surface area (Å²) in [4.78, 5) is 0.294. The zero-order valence-corrected chi connectivity index (χ0v) is 18.0. The van der Waals surface area contributed by atoms with Gasteiger partial charge >= 0.3 is 0 Å². The highest BCUT2D eigenvalue weighted by Crippen LogP contribution is 2.30. The third-order valence-electron chi connectivity index (χ3n) is 6.65. The highest BCUT2D eigenvalue weighted by atomic mass is 32.2. The van der Waals surface area contributed by atoms with Gasteiger partial charge in [0.05, 0.1) is 21.7 Å². The molecule has 0 amide bonds. The minimum atomic E-state index is -3.69. The van der Waals surface area contributed by atoms with Crippen LogP contribution < -0.4 is 5.32 Å². The van der Waals surface area contributed by atoms with E-state index in [2.05, 4.69) is 5.32 Å². The Labute approximate surface area is 169 Å². The minimum Gasteiger partial charge on any atom is -0.309 e. The molecule has 0 unspecified atom stereocenters. The first-order valence-electron chi connectivity index (χ1n) is 10.7. The lowest BCUT2D eigenvalue weighted by Crippen LogP contribution is -2.47. The predicted octanol–water partition coefficient (Wildman–Crippen LogP) is 2.82. The topological polar surface area (TPSA) is 80.3 Å². The van der Waals surface area contributed by atoms with Crippen molar-refractivity contribution in [2.45, 2.75) is 86.4 Å². The summed E-state index contributed by atoms with van der Waals surface area (Å²) in [5, 5.41) is 2.56. The molecule has 7 heteroatoms. The van der Waals surface area contributed by atoms with Crippen LogP contribution >= 0.6 is 0 Å². The number of benzene rings is 1. The maximum absolute atomic E-state index is 13.4. The van der Waals surface area contributed by atoms with Gasteiger partial charge in [-0.2, -0.15) is 0 Å². The molecular weight excluding hydrogens is 394 g/mol. The summed E-state index contributed by atoms with van der Waals surface area (Å²) in [5.74, 6) is -0.338. The molecule has 1 saturated heterocycles. The zero-order valence-electron chi connectivity index (χ0n) is 16.4. The van der Waals surface area contributed by atoms with Crippen LogP contribution in [0.2, 0.25) is 0 Å². The van der Waals surface area contributed by atoms with Gasteiger partial charge in [0.1, 0.15) is 0 Å². The Morgan fingerprint density at radius 1 is 0.857 bits per heavy atom. The monoisotopic (exact) mass is 425 g/mol. The SMILES string of the molecule is O=S1(=O)C[C@H](NC2CCCCCC2)[C@@H](S(=O)(=O)c2ccc3c(c2)CCCC3)C1. The predicted molar refractivity (Wildman–Crippen MR) is 111 cm³/mol. The standard InChI is InChI=1S/C21H31NO4S2/c23-27(24)14-20(22-18-9-3-1-2-4-10-18)21(15-27)28(25,26)19-12-11-16-7-5-6-8-17(16)13-19/h11-13,18,20-22H,1-10,14-15H2/t20-,21-/m0/s1.